The zero-order valence-corrected chi connectivity index (χ0v) is 12.4. The molecule has 1 aromatic rings. The summed E-state index contributed by atoms with van der Waals surface area (Å²) in [5, 5.41) is 0. The summed E-state index contributed by atoms with van der Waals surface area (Å²) in [5.74, 6) is 1.83. The number of rotatable bonds is 0. The summed E-state index contributed by atoms with van der Waals surface area (Å²) < 4.78 is 7.41. The number of benzene rings is 1. The predicted octanol–water partition coefficient (Wildman–Crippen LogP) is 4.18. The summed E-state index contributed by atoms with van der Waals surface area (Å²) in [4.78, 5) is 0. The molecular formula is C15H20BrNO. The Bertz CT molecular complexity index is 452. The fraction of sp³-hybridized carbons (Fsp3) is 0.600. The summed E-state index contributed by atoms with van der Waals surface area (Å²) in [7, 11) is 0. The number of ether oxygens (including phenoxy) is 1. The van der Waals surface area contributed by atoms with Crippen molar-refractivity contribution in [1.82, 2.24) is 0 Å². The fourth-order valence-corrected chi connectivity index (χ4v) is 3.66. The third-order valence-electron chi connectivity index (χ3n) is 4.48. The van der Waals surface area contributed by atoms with Gasteiger partial charge in [0.25, 0.3) is 0 Å². The van der Waals surface area contributed by atoms with Crippen LogP contribution in [0.15, 0.2) is 22.7 Å². The van der Waals surface area contributed by atoms with Crippen LogP contribution in [0.3, 0.4) is 0 Å². The molecule has 1 heterocycles. The molecule has 18 heavy (non-hydrogen) atoms. The van der Waals surface area contributed by atoms with Crippen molar-refractivity contribution in [3.63, 3.8) is 0 Å². The van der Waals surface area contributed by atoms with E-state index in [1.54, 1.807) is 0 Å². The topological polar surface area (TPSA) is 35.2 Å². The predicted molar refractivity (Wildman–Crippen MR) is 76.7 cm³/mol. The lowest BCUT2D eigenvalue weighted by atomic mass is 9.74. The smallest absolute Gasteiger partial charge is 0.124 e. The van der Waals surface area contributed by atoms with E-state index in [0.29, 0.717) is 0 Å². The molecule has 1 spiro atoms. The van der Waals surface area contributed by atoms with E-state index in [1.807, 2.05) is 6.07 Å². The van der Waals surface area contributed by atoms with E-state index in [9.17, 15) is 0 Å². The highest BCUT2D eigenvalue weighted by atomic mass is 79.9. The van der Waals surface area contributed by atoms with E-state index in [1.165, 1.54) is 12.8 Å². The molecule has 2 nitrogen and oxygen atoms in total. The average molecular weight is 310 g/mol. The Morgan fingerprint density at radius 1 is 1.33 bits per heavy atom. The SMILES string of the molecule is CC1CCC2(CC1)C[C@@H](N)c1cc(Br)ccc1O2. The van der Waals surface area contributed by atoms with Crippen LogP contribution in [0.5, 0.6) is 5.75 Å². The van der Waals surface area contributed by atoms with Crippen molar-refractivity contribution in [2.24, 2.45) is 11.7 Å². The number of fused-ring (bicyclic) bond motifs is 1. The molecule has 0 amide bonds. The first-order valence-corrected chi connectivity index (χ1v) is 7.61. The maximum absolute atomic E-state index is 6.35. The zero-order valence-electron chi connectivity index (χ0n) is 10.8. The second-order valence-electron chi connectivity index (χ2n) is 5.96. The number of hydrogen-bond donors (Lipinski definition) is 1. The Balaban J connectivity index is 1.89. The van der Waals surface area contributed by atoms with Crippen molar-refractivity contribution >= 4 is 15.9 Å². The molecule has 2 aliphatic rings. The van der Waals surface area contributed by atoms with Crippen molar-refractivity contribution in [3.05, 3.63) is 28.2 Å². The van der Waals surface area contributed by atoms with Gasteiger partial charge in [-0.2, -0.15) is 0 Å². The minimum absolute atomic E-state index is 0.00670. The van der Waals surface area contributed by atoms with Gasteiger partial charge in [0, 0.05) is 22.5 Å². The Labute approximate surface area is 117 Å². The van der Waals surface area contributed by atoms with Crippen molar-refractivity contribution in [2.45, 2.75) is 50.7 Å². The molecule has 98 valence electrons. The molecule has 0 radical (unpaired) electrons. The molecule has 0 bridgehead atoms. The summed E-state index contributed by atoms with van der Waals surface area (Å²) >= 11 is 3.50. The maximum Gasteiger partial charge on any atom is 0.124 e. The van der Waals surface area contributed by atoms with Gasteiger partial charge in [-0.15, -0.1) is 0 Å². The lowest BCUT2D eigenvalue weighted by molar-refractivity contribution is -0.00855. The molecule has 0 unspecified atom stereocenters. The first kappa shape index (κ1) is 12.5. The average Bonchev–Trinajstić information content (AvgIpc) is 2.35. The standard InChI is InChI=1S/C15H20BrNO/c1-10-4-6-15(7-5-10)9-13(17)12-8-11(16)2-3-14(12)18-15/h2-3,8,10,13H,4-7,9,17H2,1H3/t10?,13-,15?/m1/s1. The van der Waals surface area contributed by atoms with E-state index in [2.05, 4.69) is 35.0 Å². The highest BCUT2D eigenvalue weighted by molar-refractivity contribution is 9.10. The molecule has 0 saturated heterocycles. The molecule has 1 atom stereocenters. The van der Waals surface area contributed by atoms with Gasteiger partial charge in [-0.3, -0.25) is 0 Å². The van der Waals surface area contributed by atoms with Crippen LogP contribution in [0.1, 0.15) is 50.6 Å². The maximum atomic E-state index is 6.35. The van der Waals surface area contributed by atoms with Crippen molar-refractivity contribution in [3.8, 4) is 5.75 Å². The molecule has 1 aliphatic heterocycles. The Morgan fingerprint density at radius 2 is 2.06 bits per heavy atom. The lowest BCUT2D eigenvalue weighted by Gasteiger charge is -2.45. The van der Waals surface area contributed by atoms with Crippen LogP contribution in [0.4, 0.5) is 0 Å². The lowest BCUT2D eigenvalue weighted by Crippen LogP contribution is -2.45. The van der Waals surface area contributed by atoms with Gasteiger partial charge < -0.3 is 10.5 Å². The van der Waals surface area contributed by atoms with Crippen LogP contribution in [0, 0.1) is 5.92 Å². The Morgan fingerprint density at radius 3 is 2.78 bits per heavy atom. The fourth-order valence-electron chi connectivity index (χ4n) is 3.28. The third kappa shape index (κ3) is 2.19. The van der Waals surface area contributed by atoms with Gasteiger partial charge in [-0.1, -0.05) is 22.9 Å². The number of halogens is 1. The minimum Gasteiger partial charge on any atom is -0.487 e. The van der Waals surface area contributed by atoms with Crippen LogP contribution >= 0.6 is 15.9 Å². The molecule has 1 aliphatic carbocycles. The Hall–Kier alpha value is -0.540. The summed E-state index contributed by atoms with van der Waals surface area (Å²) in [5.41, 5.74) is 7.51. The monoisotopic (exact) mass is 309 g/mol. The van der Waals surface area contributed by atoms with E-state index in [-0.39, 0.29) is 11.6 Å². The van der Waals surface area contributed by atoms with Gasteiger partial charge in [0.2, 0.25) is 0 Å². The van der Waals surface area contributed by atoms with Crippen LogP contribution in [0.25, 0.3) is 0 Å². The highest BCUT2D eigenvalue weighted by Crippen LogP contribution is 2.46. The van der Waals surface area contributed by atoms with Gasteiger partial charge in [0.15, 0.2) is 0 Å². The quantitative estimate of drug-likeness (QED) is 0.780. The van der Waals surface area contributed by atoms with E-state index >= 15 is 0 Å². The minimum atomic E-state index is 0.00670. The van der Waals surface area contributed by atoms with E-state index < -0.39 is 0 Å². The molecule has 1 fully saturated rings. The van der Waals surface area contributed by atoms with Crippen molar-refractivity contribution in [2.75, 3.05) is 0 Å². The molecule has 1 aromatic carbocycles. The van der Waals surface area contributed by atoms with Crippen molar-refractivity contribution in [1.29, 1.82) is 0 Å². The third-order valence-corrected chi connectivity index (χ3v) is 4.97. The molecular weight excluding hydrogens is 290 g/mol. The molecule has 1 saturated carbocycles. The van der Waals surface area contributed by atoms with E-state index in [4.69, 9.17) is 10.5 Å². The zero-order chi connectivity index (χ0) is 12.8. The van der Waals surface area contributed by atoms with Crippen molar-refractivity contribution < 1.29 is 4.74 Å². The van der Waals surface area contributed by atoms with Crippen LogP contribution < -0.4 is 10.5 Å². The highest BCUT2D eigenvalue weighted by Gasteiger charge is 2.41. The number of hydrogen-bond acceptors (Lipinski definition) is 2. The van der Waals surface area contributed by atoms with Crippen LogP contribution in [-0.4, -0.2) is 5.60 Å². The molecule has 3 rings (SSSR count). The first-order valence-electron chi connectivity index (χ1n) is 6.82. The molecule has 3 heteroatoms. The second kappa shape index (κ2) is 4.53. The van der Waals surface area contributed by atoms with Gasteiger partial charge in [0.05, 0.1) is 0 Å². The van der Waals surface area contributed by atoms with Crippen LogP contribution in [0.2, 0.25) is 0 Å². The molecule has 2 N–H and O–H groups in total. The van der Waals surface area contributed by atoms with E-state index in [0.717, 1.165) is 41.0 Å². The van der Waals surface area contributed by atoms with Gasteiger partial charge in [0.1, 0.15) is 11.4 Å². The normalized spacial score (nSPS) is 35.1. The van der Waals surface area contributed by atoms with Gasteiger partial charge in [-0.25, -0.2) is 0 Å². The summed E-state index contributed by atoms with van der Waals surface area (Å²) in [6.45, 7) is 2.33. The number of nitrogens with two attached hydrogens (primary N) is 1. The second-order valence-corrected chi connectivity index (χ2v) is 6.88. The van der Waals surface area contributed by atoms with Gasteiger partial charge >= 0.3 is 0 Å². The van der Waals surface area contributed by atoms with Gasteiger partial charge in [-0.05, 0) is 49.8 Å². The molecule has 0 aromatic heterocycles. The van der Waals surface area contributed by atoms with Crippen LogP contribution in [-0.2, 0) is 0 Å². The Kier molecular flexibility index (Phi) is 3.15. The summed E-state index contributed by atoms with van der Waals surface area (Å²) in [6, 6.07) is 6.30. The summed E-state index contributed by atoms with van der Waals surface area (Å²) in [6.07, 6.45) is 5.79. The largest absolute Gasteiger partial charge is 0.487 e. The first-order chi connectivity index (χ1) is 8.58.